The number of benzene rings is 1. The second kappa shape index (κ2) is 3.90. The number of esters is 1. The Morgan fingerprint density at radius 3 is 3.07 bits per heavy atom. The lowest BCUT2D eigenvalue weighted by molar-refractivity contribution is -0.139. The average Bonchev–Trinajstić information content (AvgIpc) is 2.62. The van der Waals surface area contributed by atoms with E-state index >= 15 is 0 Å². The molecule has 0 aliphatic carbocycles. The van der Waals surface area contributed by atoms with Gasteiger partial charge in [0.25, 0.3) is 0 Å². The molecule has 0 saturated carbocycles. The Morgan fingerprint density at radius 1 is 1.60 bits per heavy atom. The lowest BCUT2D eigenvalue weighted by atomic mass is 10.3. The lowest BCUT2D eigenvalue weighted by Gasteiger charge is -1.93. The molecule has 0 unspecified atom stereocenters. The second-order valence-corrected chi connectivity index (χ2v) is 3.48. The van der Waals surface area contributed by atoms with Gasteiger partial charge in [-0.2, -0.15) is 0 Å². The van der Waals surface area contributed by atoms with Crippen LogP contribution in [0.5, 0.6) is 0 Å². The highest BCUT2D eigenvalue weighted by Crippen LogP contribution is 2.20. The number of aromatic amines is 1. The monoisotopic (exact) mass is 224 g/mol. The standard InChI is InChI=1S/C10H9ClN2O2/c1-15-9(14)5-8-12-7-4-2-3-6(11)10(7)13-8/h2-4H,5H2,1H3,(H,12,13). The van der Waals surface area contributed by atoms with Gasteiger partial charge in [0.05, 0.1) is 17.6 Å². The van der Waals surface area contributed by atoms with Crippen molar-refractivity contribution in [2.45, 2.75) is 6.42 Å². The van der Waals surface area contributed by atoms with Crippen LogP contribution in [0.15, 0.2) is 18.2 Å². The molecule has 2 rings (SSSR count). The summed E-state index contributed by atoms with van der Waals surface area (Å²) in [6, 6.07) is 5.44. The molecule has 78 valence electrons. The van der Waals surface area contributed by atoms with Crippen molar-refractivity contribution >= 4 is 28.6 Å². The summed E-state index contributed by atoms with van der Waals surface area (Å²) in [4.78, 5) is 18.2. The molecule has 1 heterocycles. The number of carbonyl (C=O) groups excluding carboxylic acids is 1. The number of H-pyrrole nitrogens is 1. The molecule has 0 fully saturated rings. The maximum atomic E-state index is 11.0. The number of ether oxygens (including phenoxy) is 1. The van der Waals surface area contributed by atoms with Gasteiger partial charge in [0, 0.05) is 0 Å². The normalized spacial score (nSPS) is 10.5. The molecule has 15 heavy (non-hydrogen) atoms. The van der Waals surface area contributed by atoms with Crippen LogP contribution in [-0.2, 0) is 16.0 Å². The van der Waals surface area contributed by atoms with E-state index in [-0.39, 0.29) is 12.4 Å². The Kier molecular flexibility index (Phi) is 2.60. The minimum atomic E-state index is -0.329. The molecule has 1 aromatic carbocycles. The first kappa shape index (κ1) is 9.98. The SMILES string of the molecule is COC(=O)Cc1nc2c(Cl)cccc2[nH]1. The van der Waals surface area contributed by atoms with Gasteiger partial charge in [-0.15, -0.1) is 0 Å². The average molecular weight is 225 g/mol. The fourth-order valence-corrected chi connectivity index (χ4v) is 1.56. The Balaban J connectivity index is 2.39. The van der Waals surface area contributed by atoms with Crippen LogP contribution in [-0.4, -0.2) is 23.0 Å². The van der Waals surface area contributed by atoms with Crippen LogP contribution in [0.4, 0.5) is 0 Å². The second-order valence-electron chi connectivity index (χ2n) is 3.07. The molecular formula is C10H9ClN2O2. The summed E-state index contributed by atoms with van der Waals surface area (Å²) in [6.45, 7) is 0. The highest BCUT2D eigenvalue weighted by Gasteiger charge is 2.09. The number of methoxy groups -OCH3 is 1. The van der Waals surface area contributed by atoms with Crippen LogP contribution in [0.25, 0.3) is 11.0 Å². The van der Waals surface area contributed by atoms with E-state index in [1.54, 1.807) is 6.07 Å². The lowest BCUT2D eigenvalue weighted by Crippen LogP contribution is -2.05. The summed E-state index contributed by atoms with van der Waals surface area (Å²) in [5.74, 6) is 0.232. The number of imidazole rings is 1. The number of aromatic nitrogens is 2. The summed E-state index contributed by atoms with van der Waals surface area (Å²) in [6.07, 6.45) is 0.126. The number of nitrogens with one attached hydrogen (secondary N) is 1. The molecule has 0 atom stereocenters. The Labute approximate surface area is 91.2 Å². The number of halogens is 1. The summed E-state index contributed by atoms with van der Waals surface area (Å²) < 4.78 is 4.55. The van der Waals surface area contributed by atoms with Crippen LogP contribution in [0, 0.1) is 0 Å². The molecule has 0 spiro atoms. The largest absolute Gasteiger partial charge is 0.469 e. The van der Waals surface area contributed by atoms with Crippen molar-refractivity contribution in [2.75, 3.05) is 7.11 Å². The molecule has 0 amide bonds. The van der Waals surface area contributed by atoms with Crippen molar-refractivity contribution < 1.29 is 9.53 Å². The van der Waals surface area contributed by atoms with Gasteiger partial charge in [-0.25, -0.2) is 4.98 Å². The van der Waals surface area contributed by atoms with Gasteiger partial charge in [-0.3, -0.25) is 4.79 Å². The predicted octanol–water partition coefficient (Wildman–Crippen LogP) is 1.93. The van der Waals surface area contributed by atoms with E-state index < -0.39 is 0 Å². The van der Waals surface area contributed by atoms with Crippen molar-refractivity contribution in [3.8, 4) is 0 Å². The predicted molar refractivity (Wildman–Crippen MR) is 56.8 cm³/mol. The van der Waals surface area contributed by atoms with Crippen LogP contribution < -0.4 is 0 Å². The van der Waals surface area contributed by atoms with Gasteiger partial charge in [0.2, 0.25) is 0 Å². The molecule has 2 aromatic rings. The van der Waals surface area contributed by atoms with Gasteiger partial charge in [-0.05, 0) is 12.1 Å². The number of nitrogens with zero attached hydrogens (tertiary/aromatic N) is 1. The Bertz CT molecular complexity index is 507. The van der Waals surface area contributed by atoms with Gasteiger partial charge in [0.1, 0.15) is 17.8 Å². The van der Waals surface area contributed by atoms with E-state index in [0.717, 1.165) is 5.52 Å². The summed E-state index contributed by atoms with van der Waals surface area (Å²) in [7, 11) is 1.35. The van der Waals surface area contributed by atoms with Crippen LogP contribution in [0.1, 0.15) is 5.82 Å². The minimum absolute atomic E-state index is 0.126. The van der Waals surface area contributed by atoms with Crippen molar-refractivity contribution in [1.82, 2.24) is 9.97 Å². The van der Waals surface area contributed by atoms with Crippen molar-refractivity contribution in [1.29, 1.82) is 0 Å². The third-order valence-electron chi connectivity index (χ3n) is 2.05. The maximum absolute atomic E-state index is 11.0. The van der Waals surface area contributed by atoms with Gasteiger partial charge in [-0.1, -0.05) is 17.7 Å². The van der Waals surface area contributed by atoms with Crippen molar-refractivity contribution in [3.05, 3.63) is 29.0 Å². The highest BCUT2D eigenvalue weighted by atomic mass is 35.5. The molecular weight excluding hydrogens is 216 g/mol. The van der Waals surface area contributed by atoms with Crippen LogP contribution >= 0.6 is 11.6 Å². The van der Waals surface area contributed by atoms with E-state index in [1.165, 1.54) is 7.11 Å². The Hall–Kier alpha value is -1.55. The molecule has 0 saturated heterocycles. The van der Waals surface area contributed by atoms with Gasteiger partial charge < -0.3 is 9.72 Å². The molecule has 1 aromatic heterocycles. The van der Waals surface area contributed by atoms with E-state index in [2.05, 4.69) is 14.7 Å². The Morgan fingerprint density at radius 2 is 2.40 bits per heavy atom. The van der Waals surface area contributed by atoms with E-state index in [4.69, 9.17) is 11.6 Å². The van der Waals surface area contributed by atoms with Gasteiger partial charge >= 0.3 is 5.97 Å². The first-order valence-electron chi connectivity index (χ1n) is 4.40. The van der Waals surface area contributed by atoms with E-state index in [0.29, 0.717) is 16.4 Å². The zero-order valence-corrected chi connectivity index (χ0v) is 8.84. The smallest absolute Gasteiger partial charge is 0.313 e. The first-order chi connectivity index (χ1) is 7.20. The minimum Gasteiger partial charge on any atom is -0.469 e. The molecule has 0 bridgehead atoms. The summed E-state index contributed by atoms with van der Waals surface area (Å²) >= 11 is 5.94. The number of hydrogen-bond donors (Lipinski definition) is 1. The fourth-order valence-electron chi connectivity index (χ4n) is 1.34. The highest BCUT2D eigenvalue weighted by molar-refractivity contribution is 6.34. The molecule has 5 heteroatoms. The first-order valence-corrected chi connectivity index (χ1v) is 4.78. The van der Waals surface area contributed by atoms with Crippen molar-refractivity contribution in [3.63, 3.8) is 0 Å². The van der Waals surface area contributed by atoms with Crippen molar-refractivity contribution in [2.24, 2.45) is 0 Å². The molecule has 0 aliphatic heterocycles. The summed E-state index contributed by atoms with van der Waals surface area (Å²) in [5, 5.41) is 0.569. The maximum Gasteiger partial charge on any atom is 0.313 e. The molecule has 1 N–H and O–H groups in total. The number of rotatable bonds is 2. The number of carbonyl (C=O) groups is 1. The summed E-state index contributed by atoms with van der Waals surface area (Å²) in [5.41, 5.74) is 1.50. The topological polar surface area (TPSA) is 55.0 Å². The zero-order chi connectivity index (χ0) is 10.8. The van der Waals surface area contributed by atoms with Crippen LogP contribution in [0.2, 0.25) is 5.02 Å². The molecule has 0 aliphatic rings. The van der Waals surface area contributed by atoms with Crippen LogP contribution in [0.3, 0.4) is 0 Å². The quantitative estimate of drug-likeness (QED) is 0.793. The number of hydrogen-bond acceptors (Lipinski definition) is 3. The zero-order valence-electron chi connectivity index (χ0n) is 8.08. The molecule has 0 radical (unpaired) electrons. The molecule has 4 nitrogen and oxygen atoms in total. The third kappa shape index (κ3) is 1.94. The van der Waals surface area contributed by atoms with E-state index in [9.17, 15) is 4.79 Å². The number of para-hydroxylation sites is 1. The van der Waals surface area contributed by atoms with E-state index in [1.807, 2.05) is 12.1 Å². The number of fused-ring (bicyclic) bond motifs is 1. The third-order valence-corrected chi connectivity index (χ3v) is 2.36. The fraction of sp³-hybridized carbons (Fsp3) is 0.200. The van der Waals surface area contributed by atoms with Gasteiger partial charge in [0.15, 0.2) is 0 Å².